The highest BCUT2D eigenvalue weighted by Crippen LogP contribution is 2.23. The van der Waals surface area contributed by atoms with Crippen LogP contribution in [0.2, 0.25) is 0 Å². The number of unbranched alkanes of at least 4 members (excludes halogenated alkanes) is 1. The Labute approximate surface area is 201 Å². The zero-order chi connectivity index (χ0) is 23.7. The number of fused-ring (bicyclic) bond motifs is 2. The maximum absolute atomic E-state index is 12.6. The monoisotopic (exact) mass is 481 g/mol. The Morgan fingerprint density at radius 1 is 0.971 bits per heavy atom. The minimum absolute atomic E-state index is 0.353. The largest absolute Gasteiger partial charge is 0.330 e. The van der Waals surface area contributed by atoms with Crippen molar-refractivity contribution in [2.75, 3.05) is 26.2 Å². The Hall–Kier alpha value is -2.82. The Morgan fingerprint density at radius 2 is 1.71 bits per heavy atom. The molecule has 4 heterocycles. The molecule has 10 heteroatoms. The second kappa shape index (κ2) is 9.81. The number of H-pyrrole nitrogens is 1. The van der Waals surface area contributed by atoms with Crippen molar-refractivity contribution in [2.24, 2.45) is 0 Å². The number of thiazole rings is 1. The van der Waals surface area contributed by atoms with Gasteiger partial charge in [0, 0.05) is 39.3 Å². The van der Waals surface area contributed by atoms with Gasteiger partial charge in [0.2, 0.25) is 0 Å². The zero-order valence-corrected chi connectivity index (χ0v) is 20.6. The summed E-state index contributed by atoms with van der Waals surface area (Å²) in [5, 5.41) is 1.16. The molecule has 0 bridgehead atoms. The maximum atomic E-state index is 12.6. The first-order valence-corrected chi connectivity index (χ1v) is 12.9. The fourth-order valence-corrected chi connectivity index (χ4v) is 5.70. The van der Waals surface area contributed by atoms with Gasteiger partial charge in [0.15, 0.2) is 11.2 Å². The minimum atomic E-state index is -0.373. The van der Waals surface area contributed by atoms with Crippen molar-refractivity contribution in [3.05, 3.63) is 55.9 Å². The molecule has 3 aromatic heterocycles. The Morgan fingerprint density at radius 3 is 2.41 bits per heavy atom. The molecule has 0 aliphatic carbocycles. The fourth-order valence-electron chi connectivity index (χ4n) is 4.69. The Balaban J connectivity index is 1.30. The van der Waals surface area contributed by atoms with Crippen molar-refractivity contribution in [3.63, 3.8) is 0 Å². The third-order valence-corrected chi connectivity index (χ3v) is 7.56. The summed E-state index contributed by atoms with van der Waals surface area (Å²) in [7, 11) is 0. The van der Waals surface area contributed by atoms with Crippen molar-refractivity contribution < 1.29 is 0 Å². The van der Waals surface area contributed by atoms with Crippen molar-refractivity contribution in [2.45, 2.75) is 52.9 Å². The van der Waals surface area contributed by atoms with Gasteiger partial charge < -0.3 is 4.57 Å². The number of para-hydroxylation sites is 1. The highest BCUT2D eigenvalue weighted by molar-refractivity contribution is 7.18. The first-order valence-electron chi connectivity index (χ1n) is 12.1. The average molecular weight is 482 g/mol. The summed E-state index contributed by atoms with van der Waals surface area (Å²) in [6.07, 6.45) is 1.84. The molecule has 0 spiro atoms. The maximum Gasteiger partial charge on any atom is 0.330 e. The van der Waals surface area contributed by atoms with Crippen molar-refractivity contribution in [1.29, 1.82) is 0 Å². The molecule has 0 atom stereocenters. The standard InChI is InChI=1S/C24H31N7O2S/c1-3-5-10-31-22-21(23(32)27-24(31)33)30(4-2)19(26-22)15-28-11-13-29(14-12-28)16-20-25-17-8-6-7-9-18(17)34-20/h6-9H,3-5,10-16H2,1-2H3,(H,27,32,33). The Kier molecular flexibility index (Phi) is 6.62. The average Bonchev–Trinajstić information content (AvgIpc) is 3.41. The van der Waals surface area contributed by atoms with E-state index in [1.807, 2.05) is 17.6 Å². The van der Waals surface area contributed by atoms with Gasteiger partial charge in [-0.15, -0.1) is 11.3 Å². The molecule has 4 aromatic rings. The number of piperazine rings is 1. The van der Waals surface area contributed by atoms with Crippen LogP contribution in [-0.2, 0) is 26.2 Å². The number of aromatic amines is 1. The molecule has 0 saturated carbocycles. The van der Waals surface area contributed by atoms with Crippen molar-refractivity contribution in [3.8, 4) is 0 Å². The SMILES string of the molecule is CCCCn1c(=O)[nH]c(=O)c2c1nc(CN1CCN(Cc3nc4ccccc4s3)CC1)n2CC. The molecule has 5 rings (SSSR count). The number of benzene rings is 1. The van der Waals surface area contributed by atoms with Crippen LogP contribution >= 0.6 is 11.3 Å². The molecule has 1 aliphatic rings. The molecule has 1 fully saturated rings. The number of nitrogens with zero attached hydrogens (tertiary/aromatic N) is 6. The van der Waals surface area contributed by atoms with Gasteiger partial charge in [-0.05, 0) is 25.5 Å². The van der Waals surface area contributed by atoms with E-state index in [9.17, 15) is 9.59 Å². The molecule has 1 aliphatic heterocycles. The van der Waals surface area contributed by atoms with Gasteiger partial charge in [-0.3, -0.25) is 24.1 Å². The zero-order valence-electron chi connectivity index (χ0n) is 19.8. The lowest BCUT2D eigenvalue weighted by Gasteiger charge is -2.34. The molecular formula is C24H31N7O2S. The Bertz CT molecular complexity index is 1380. The van der Waals surface area contributed by atoms with E-state index in [0.717, 1.165) is 61.9 Å². The minimum Gasteiger partial charge on any atom is -0.321 e. The predicted octanol–water partition coefficient (Wildman–Crippen LogP) is 2.63. The van der Waals surface area contributed by atoms with Crippen LogP contribution in [0.1, 0.15) is 37.5 Å². The molecule has 0 radical (unpaired) electrons. The van der Waals surface area contributed by atoms with E-state index in [-0.39, 0.29) is 11.2 Å². The molecule has 1 saturated heterocycles. The molecule has 0 unspecified atom stereocenters. The van der Waals surface area contributed by atoms with E-state index >= 15 is 0 Å². The van der Waals surface area contributed by atoms with Gasteiger partial charge in [-0.2, -0.15) is 0 Å². The van der Waals surface area contributed by atoms with E-state index in [4.69, 9.17) is 9.97 Å². The molecule has 1 aromatic carbocycles. The van der Waals surface area contributed by atoms with Crippen LogP contribution < -0.4 is 11.2 Å². The lowest BCUT2D eigenvalue weighted by molar-refractivity contribution is 0.119. The first kappa shape index (κ1) is 22.9. The summed E-state index contributed by atoms with van der Waals surface area (Å²) in [5.41, 5.74) is 1.36. The highest BCUT2D eigenvalue weighted by atomic mass is 32.1. The summed E-state index contributed by atoms with van der Waals surface area (Å²) >= 11 is 1.77. The van der Waals surface area contributed by atoms with E-state index in [0.29, 0.717) is 30.8 Å². The predicted molar refractivity (Wildman–Crippen MR) is 135 cm³/mol. The number of rotatable bonds is 8. The van der Waals surface area contributed by atoms with Crippen molar-refractivity contribution >= 4 is 32.7 Å². The summed E-state index contributed by atoms with van der Waals surface area (Å²) in [4.78, 5) is 42.0. The van der Waals surface area contributed by atoms with Crippen LogP contribution in [0.15, 0.2) is 33.9 Å². The highest BCUT2D eigenvalue weighted by Gasteiger charge is 2.23. The molecule has 9 nitrogen and oxygen atoms in total. The summed E-state index contributed by atoms with van der Waals surface area (Å²) in [6.45, 7) is 10.6. The topological polar surface area (TPSA) is 92.0 Å². The van der Waals surface area contributed by atoms with Gasteiger partial charge in [0.25, 0.3) is 5.56 Å². The number of aromatic nitrogens is 5. The number of nitrogens with one attached hydrogen (secondary N) is 1. The molecule has 0 amide bonds. The van der Waals surface area contributed by atoms with Gasteiger partial charge in [0.05, 0.1) is 23.3 Å². The third-order valence-electron chi connectivity index (χ3n) is 6.54. The van der Waals surface area contributed by atoms with Crippen LogP contribution in [0.3, 0.4) is 0 Å². The van der Waals surface area contributed by atoms with Gasteiger partial charge >= 0.3 is 5.69 Å². The molecular weight excluding hydrogens is 450 g/mol. The smallest absolute Gasteiger partial charge is 0.321 e. The quantitative estimate of drug-likeness (QED) is 0.416. The normalized spacial score (nSPS) is 15.6. The van der Waals surface area contributed by atoms with E-state index in [1.165, 1.54) is 4.70 Å². The molecule has 180 valence electrons. The first-order chi connectivity index (χ1) is 16.6. The molecule has 34 heavy (non-hydrogen) atoms. The number of hydrogen-bond donors (Lipinski definition) is 1. The summed E-state index contributed by atoms with van der Waals surface area (Å²) < 4.78 is 4.82. The van der Waals surface area contributed by atoms with Gasteiger partial charge in [-0.1, -0.05) is 25.5 Å². The van der Waals surface area contributed by atoms with Gasteiger partial charge in [-0.25, -0.2) is 14.8 Å². The lowest BCUT2D eigenvalue weighted by Crippen LogP contribution is -2.45. The van der Waals surface area contributed by atoms with E-state index in [2.05, 4.69) is 39.9 Å². The fraction of sp³-hybridized carbons (Fsp3) is 0.500. The van der Waals surface area contributed by atoms with E-state index in [1.54, 1.807) is 15.9 Å². The number of imidazole rings is 1. The van der Waals surface area contributed by atoms with Crippen LogP contribution in [0, 0.1) is 0 Å². The van der Waals surface area contributed by atoms with Crippen LogP contribution in [0.4, 0.5) is 0 Å². The molecule has 1 N–H and O–H groups in total. The summed E-state index contributed by atoms with van der Waals surface area (Å²) in [5.74, 6) is 0.846. The second-order valence-electron chi connectivity index (χ2n) is 8.84. The van der Waals surface area contributed by atoms with E-state index < -0.39 is 0 Å². The summed E-state index contributed by atoms with van der Waals surface area (Å²) in [6, 6.07) is 8.29. The number of hydrogen-bond acceptors (Lipinski definition) is 7. The van der Waals surface area contributed by atoms with Crippen LogP contribution in [-0.4, -0.2) is 60.1 Å². The third kappa shape index (κ3) is 4.45. The van der Waals surface area contributed by atoms with Crippen LogP contribution in [0.25, 0.3) is 21.4 Å². The lowest BCUT2D eigenvalue weighted by atomic mass is 10.3. The van der Waals surface area contributed by atoms with Crippen LogP contribution in [0.5, 0.6) is 0 Å². The number of aryl methyl sites for hydroxylation is 2. The van der Waals surface area contributed by atoms with Gasteiger partial charge in [0.1, 0.15) is 10.8 Å². The second-order valence-corrected chi connectivity index (χ2v) is 9.95. The van der Waals surface area contributed by atoms with Crippen molar-refractivity contribution in [1.82, 2.24) is 33.9 Å².